The van der Waals surface area contributed by atoms with Crippen LogP contribution in [-0.2, 0) is 0 Å². The molecule has 3 rings (SSSR count). The van der Waals surface area contributed by atoms with Gasteiger partial charge in [-0.05, 0) is 48.6 Å². The van der Waals surface area contributed by atoms with Crippen molar-refractivity contribution in [1.82, 2.24) is 4.98 Å². The Kier molecular flexibility index (Phi) is 3.22. The van der Waals surface area contributed by atoms with E-state index in [1.54, 1.807) is 0 Å². The van der Waals surface area contributed by atoms with E-state index in [-0.39, 0.29) is 6.04 Å². The minimum Gasteiger partial charge on any atom is -0.490 e. The number of aryl methyl sites for hydroxylation is 1. The second-order valence-corrected chi connectivity index (χ2v) is 5.16. The van der Waals surface area contributed by atoms with Gasteiger partial charge < -0.3 is 10.5 Å². The summed E-state index contributed by atoms with van der Waals surface area (Å²) in [6.45, 7) is 2.02. The number of rotatable bonds is 4. The van der Waals surface area contributed by atoms with E-state index in [9.17, 15) is 0 Å². The van der Waals surface area contributed by atoms with Gasteiger partial charge in [-0.2, -0.15) is 0 Å². The van der Waals surface area contributed by atoms with E-state index in [4.69, 9.17) is 10.5 Å². The average Bonchev–Trinajstić information content (AvgIpc) is 3.22. The minimum atomic E-state index is -0.157. The van der Waals surface area contributed by atoms with Gasteiger partial charge in [0, 0.05) is 12.4 Å². The number of nitrogens with zero attached hydrogens (tertiary/aromatic N) is 1. The van der Waals surface area contributed by atoms with Gasteiger partial charge in [-0.25, -0.2) is 0 Å². The molecule has 1 saturated carbocycles. The van der Waals surface area contributed by atoms with E-state index >= 15 is 0 Å². The Hall–Kier alpha value is -1.87. The summed E-state index contributed by atoms with van der Waals surface area (Å²) >= 11 is 0. The Morgan fingerprint density at radius 1 is 1.21 bits per heavy atom. The number of aromatic nitrogens is 1. The van der Waals surface area contributed by atoms with E-state index in [0.29, 0.717) is 6.10 Å². The van der Waals surface area contributed by atoms with Crippen LogP contribution in [0.2, 0.25) is 0 Å². The van der Waals surface area contributed by atoms with Crippen molar-refractivity contribution < 1.29 is 4.74 Å². The van der Waals surface area contributed by atoms with E-state index in [2.05, 4.69) is 11.1 Å². The van der Waals surface area contributed by atoms with E-state index in [1.165, 1.54) is 0 Å². The molecule has 1 heterocycles. The van der Waals surface area contributed by atoms with E-state index in [0.717, 1.165) is 35.3 Å². The fraction of sp³-hybridized carbons (Fsp3) is 0.312. The van der Waals surface area contributed by atoms with Crippen molar-refractivity contribution in [2.45, 2.75) is 31.9 Å². The van der Waals surface area contributed by atoms with Crippen LogP contribution in [0.15, 0.2) is 42.7 Å². The fourth-order valence-corrected chi connectivity index (χ4v) is 2.10. The first kappa shape index (κ1) is 12.2. The average molecular weight is 254 g/mol. The van der Waals surface area contributed by atoms with Crippen LogP contribution in [0.3, 0.4) is 0 Å². The van der Waals surface area contributed by atoms with Gasteiger partial charge in [-0.3, -0.25) is 4.98 Å². The molecule has 0 amide bonds. The van der Waals surface area contributed by atoms with Crippen LogP contribution < -0.4 is 10.5 Å². The predicted octanol–water partition coefficient (Wildman–Crippen LogP) is 2.98. The molecule has 19 heavy (non-hydrogen) atoms. The summed E-state index contributed by atoms with van der Waals surface area (Å²) in [6, 6.07) is 9.97. The van der Waals surface area contributed by atoms with E-state index in [1.807, 2.05) is 43.6 Å². The maximum Gasteiger partial charge on any atom is 0.120 e. The van der Waals surface area contributed by atoms with Crippen molar-refractivity contribution in [3.8, 4) is 5.75 Å². The summed E-state index contributed by atoms with van der Waals surface area (Å²) < 4.78 is 5.80. The standard InChI is InChI=1S/C16H18N2O/c1-11-7-13(10-18-9-11)16(17)12-3-2-4-15(8-12)19-14-5-6-14/h2-4,7-10,14,16H,5-6,17H2,1H3. The van der Waals surface area contributed by atoms with Crippen molar-refractivity contribution in [3.05, 3.63) is 59.4 Å². The highest BCUT2D eigenvalue weighted by atomic mass is 16.5. The van der Waals surface area contributed by atoms with Gasteiger partial charge >= 0.3 is 0 Å². The molecule has 1 aromatic carbocycles. The van der Waals surface area contributed by atoms with Crippen LogP contribution in [0, 0.1) is 6.92 Å². The maximum absolute atomic E-state index is 6.30. The second-order valence-electron chi connectivity index (χ2n) is 5.16. The molecule has 2 N–H and O–H groups in total. The molecule has 3 heteroatoms. The summed E-state index contributed by atoms with van der Waals surface area (Å²) in [5.41, 5.74) is 9.52. The molecule has 0 saturated heterocycles. The Morgan fingerprint density at radius 3 is 2.79 bits per heavy atom. The van der Waals surface area contributed by atoms with Gasteiger partial charge in [0.15, 0.2) is 0 Å². The van der Waals surface area contributed by atoms with Crippen LogP contribution in [0.5, 0.6) is 5.75 Å². The predicted molar refractivity (Wildman–Crippen MR) is 75.1 cm³/mol. The lowest BCUT2D eigenvalue weighted by molar-refractivity contribution is 0.303. The highest BCUT2D eigenvalue weighted by molar-refractivity contribution is 5.36. The summed E-state index contributed by atoms with van der Waals surface area (Å²) in [5.74, 6) is 0.913. The zero-order valence-corrected chi connectivity index (χ0v) is 11.0. The summed E-state index contributed by atoms with van der Waals surface area (Å²) in [5, 5.41) is 0. The molecule has 0 spiro atoms. The number of pyridine rings is 1. The molecular weight excluding hydrogens is 236 g/mol. The first-order valence-corrected chi connectivity index (χ1v) is 6.66. The van der Waals surface area contributed by atoms with Crippen molar-refractivity contribution in [2.24, 2.45) is 5.73 Å². The van der Waals surface area contributed by atoms with Gasteiger partial charge in [-0.15, -0.1) is 0 Å². The molecule has 3 nitrogen and oxygen atoms in total. The Bertz CT molecular complexity index is 578. The third kappa shape index (κ3) is 2.93. The zero-order valence-electron chi connectivity index (χ0n) is 11.0. The van der Waals surface area contributed by atoms with Gasteiger partial charge in [-0.1, -0.05) is 18.2 Å². The summed E-state index contributed by atoms with van der Waals surface area (Å²) in [6.07, 6.45) is 6.40. The molecule has 1 fully saturated rings. The SMILES string of the molecule is Cc1cncc(C(N)c2cccc(OC3CC3)c2)c1. The zero-order chi connectivity index (χ0) is 13.2. The van der Waals surface area contributed by atoms with Gasteiger partial charge in [0.1, 0.15) is 5.75 Å². The quantitative estimate of drug-likeness (QED) is 0.912. The van der Waals surface area contributed by atoms with Crippen molar-refractivity contribution >= 4 is 0 Å². The Balaban J connectivity index is 1.83. The monoisotopic (exact) mass is 254 g/mol. The van der Waals surface area contributed by atoms with Crippen LogP contribution in [-0.4, -0.2) is 11.1 Å². The summed E-state index contributed by atoms with van der Waals surface area (Å²) in [4.78, 5) is 4.20. The number of ether oxygens (including phenoxy) is 1. The van der Waals surface area contributed by atoms with Crippen molar-refractivity contribution in [1.29, 1.82) is 0 Å². The van der Waals surface area contributed by atoms with Gasteiger partial charge in [0.05, 0.1) is 12.1 Å². The third-order valence-electron chi connectivity index (χ3n) is 3.30. The molecular formula is C16H18N2O. The molecule has 0 radical (unpaired) electrons. The second kappa shape index (κ2) is 5.02. The molecule has 1 aliphatic carbocycles. The normalized spacial score (nSPS) is 16.1. The van der Waals surface area contributed by atoms with Crippen LogP contribution in [0.1, 0.15) is 35.6 Å². The molecule has 1 atom stereocenters. The molecule has 1 unspecified atom stereocenters. The topological polar surface area (TPSA) is 48.1 Å². The largest absolute Gasteiger partial charge is 0.490 e. The lowest BCUT2D eigenvalue weighted by Gasteiger charge is -2.14. The molecule has 0 aliphatic heterocycles. The number of benzene rings is 1. The first-order valence-electron chi connectivity index (χ1n) is 6.66. The molecule has 1 aromatic heterocycles. The Morgan fingerprint density at radius 2 is 2.05 bits per heavy atom. The lowest BCUT2D eigenvalue weighted by atomic mass is 10.00. The lowest BCUT2D eigenvalue weighted by Crippen LogP contribution is -2.12. The first-order chi connectivity index (χ1) is 9.22. The third-order valence-corrected chi connectivity index (χ3v) is 3.30. The van der Waals surface area contributed by atoms with Crippen LogP contribution >= 0.6 is 0 Å². The number of nitrogens with two attached hydrogens (primary N) is 1. The van der Waals surface area contributed by atoms with E-state index < -0.39 is 0 Å². The highest BCUT2D eigenvalue weighted by Gasteiger charge is 2.23. The van der Waals surface area contributed by atoms with Crippen molar-refractivity contribution in [3.63, 3.8) is 0 Å². The van der Waals surface area contributed by atoms with Gasteiger partial charge in [0.25, 0.3) is 0 Å². The molecule has 1 aliphatic rings. The Labute approximate surface area is 113 Å². The number of hydrogen-bond acceptors (Lipinski definition) is 3. The number of hydrogen-bond donors (Lipinski definition) is 1. The smallest absolute Gasteiger partial charge is 0.120 e. The molecule has 0 bridgehead atoms. The fourth-order valence-electron chi connectivity index (χ4n) is 2.10. The molecule has 98 valence electrons. The van der Waals surface area contributed by atoms with Crippen LogP contribution in [0.4, 0.5) is 0 Å². The maximum atomic E-state index is 6.30. The van der Waals surface area contributed by atoms with Crippen LogP contribution in [0.25, 0.3) is 0 Å². The van der Waals surface area contributed by atoms with Crippen molar-refractivity contribution in [2.75, 3.05) is 0 Å². The highest BCUT2D eigenvalue weighted by Crippen LogP contribution is 2.29. The van der Waals surface area contributed by atoms with Gasteiger partial charge in [0.2, 0.25) is 0 Å². The minimum absolute atomic E-state index is 0.157. The molecule has 2 aromatic rings. The summed E-state index contributed by atoms with van der Waals surface area (Å²) in [7, 11) is 0.